The van der Waals surface area contributed by atoms with E-state index in [1.54, 1.807) is 24.5 Å². The first kappa shape index (κ1) is 26.7. The van der Waals surface area contributed by atoms with E-state index in [2.05, 4.69) is 34.4 Å². The van der Waals surface area contributed by atoms with Crippen LogP contribution in [-0.2, 0) is 14.3 Å². The summed E-state index contributed by atoms with van der Waals surface area (Å²) in [6, 6.07) is 0.105. The molecule has 1 aromatic rings. The van der Waals surface area contributed by atoms with Gasteiger partial charge in [0.1, 0.15) is 5.76 Å². The number of carbonyl (C=O) groups excluding carboxylic acids is 1. The number of rotatable bonds is 5. The molecule has 6 atom stereocenters. The Morgan fingerprint density at radius 2 is 1.97 bits per heavy atom. The van der Waals surface area contributed by atoms with Gasteiger partial charge < -0.3 is 25.4 Å². The molecule has 0 amide bonds. The van der Waals surface area contributed by atoms with Gasteiger partial charge in [-0.05, 0) is 42.7 Å². The number of aliphatic hydroxyl groups is 2. The highest BCUT2D eigenvalue weighted by Crippen LogP contribution is 2.61. The molecule has 9 heteroatoms. The van der Waals surface area contributed by atoms with Crippen LogP contribution in [0.5, 0.6) is 0 Å². The normalized spacial score (nSPS) is 37.4. The van der Waals surface area contributed by atoms with Gasteiger partial charge in [-0.2, -0.15) is 0 Å². The third-order valence-corrected chi connectivity index (χ3v) is 9.35. The van der Waals surface area contributed by atoms with Crippen molar-refractivity contribution in [1.29, 1.82) is 0 Å². The molecule has 4 N–H and O–H groups in total. The van der Waals surface area contributed by atoms with Gasteiger partial charge in [-0.25, -0.2) is 14.8 Å². The molecule has 5 rings (SSSR count). The number of hydrogen-bond donors (Lipinski definition) is 3. The smallest absolute Gasteiger partial charge is 0.343 e. The second-order valence-electron chi connectivity index (χ2n) is 11.5. The number of aromatic nitrogens is 2. The van der Waals surface area contributed by atoms with Crippen LogP contribution >= 0.6 is 0 Å². The number of fused-ring (bicyclic) bond motifs is 1. The highest BCUT2D eigenvalue weighted by Gasteiger charge is 2.59. The summed E-state index contributed by atoms with van der Waals surface area (Å²) < 4.78 is 11.1. The molecule has 2 saturated carbocycles. The van der Waals surface area contributed by atoms with Crippen molar-refractivity contribution in [1.82, 2.24) is 14.9 Å². The maximum absolute atomic E-state index is 12.7. The molecular formula is C29H38N4O5. The van der Waals surface area contributed by atoms with Gasteiger partial charge >= 0.3 is 5.97 Å². The van der Waals surface area contributed by atoms with Gasteiger partial charge in [-0.15, -0.1) is 0 Å². The lowest BCUT2D eigenvalue weighted by Gasteiger charge is -2.62. The van der Waals surface area contributed by atoms with Gasteiger partial charge in [0.15, 0.2) is 0 Å². The Kier molecular flexibility index (Phi) is 7.30. The lowest BCUT2D eigenvalue weighted by Crippen LogP contribution is -2.61. The number of anilines is 1. The summed E-state index contributed by atoms with van der Waals surface area (Å²) in [5.41, 5.74) is 6.95. The quantitative estimate of drug-likeness (QED) is 0.394. The molecule has 0 aromatic carbocycles. The molecule has 1 saturated heterocycles. The summed E-state index contributed by atoms with van der Waals surface area (Å²) in [6.45, 7) is 11.8. The van der Waals surface area contributed by atoms with Gasteiger partial charge in [0, 0.05) is 48.4 Å². The SMILES string of the molecule is C=C1C(N2CCOCC2)CC2[C@](C)(CC[C@@H](O)[C@@]2(C)CO)C1C=CC1=CC(=Cc2cnc(N)nc2)OC1=O. The molecule has 3 unspecified atom stereocenters. The molecule has 38 heavy (non-hydrogen) atoms. The van der Waals surface area contributed by atoms with Crippen LogP contribution < -0.4 is 5.73 Å². The number of ether oxygens (including phenoxy) is 2. The van der Waals surface area contributed by atoms with Crippen LogP contribution in [0.15, 0.2) is 54.1 Å². The van der Waals surface area contributed by atoms with E-state index < -0.39 is 17.5 Å². The number of nitrogens with zero attached hydrogens (tertiary/aromatic N) is 3. The van der Waals surface area contributed by atoms with Crippen LogP contribution in [0, 0.1) is 22.7 Å². The largest absolute Gasteiger partial charge is 0.423 e. The summed E-state index contributed by atoms with van der Waals surface area (Å²) >= 11 is 0. The molecule has 0 radical (unpaired) electrons. The molecule has 3 heterocycles. The van der Waals surface area contributed by atoms with Crippen molar-refractivity contribution in [2.75, 3.05) is 38.6 Å². The Labute approximate surface area is 223 Å². The molecule has 2 aliphatic heterocycles. The maximum atomic E-state index is 12.7. The minimum atomic E-state index is -0.618. The fourth-order valence-electron chi connectivity index (χ4n) is 7.07. The number of aliphatic hydroxyl groups excluding tert-OH is 2. The summed E-state index contributed by atoms with van der Waals surface area (Å²) in [5.74, 6) is 0.199. The third-order valence-electron chi connectivity index (χ3n) is 9.35. The van der Waals surface area contributed by atoms with Crippen LogP contribution in [-0.4, -0.2) is 76.1 Å². The minimum Gasteiger partial charge on any atom is -0.423 e. The predicted molar refractivity (Wildman–Crippen MR) is 143 cm³/mol. The molecule has 204 valence electrons. The number of morpholine rings is 1. The van der Waals surface area contributed by atoms with Gasteiger partial charge in [-0.3, -0.25) is 4.90 Å². The number of carbonyl (C=O) groups is 1. The number of cyclic esters (lactones) is 1. The van der Waals surface area contributed by atoms with E-state index in [9.17, 15) is 15.0 Å². The summed E-state index contributed by atoms with van der Waals surface area (Å²) in [7, 11) is 0. The highest BCUT2D eigenvalue weighted by molar-refractivity contribution is 5.96. The molecule has 1 aromatic heterocycles. The molecule has 0 spiro atoms. The zero-order valence-electron chi connectivity index (χ0n) is 22.2. The van der Waals surface area contributed by atoms with Crippen LogP contribution in [0.1, 0.15) is 38.7 Å². The highest BCUT2D eigenvalue weighted by atomic mass is 16.5. The first-order valence-electron chi connectivity index (χ1n) is 13.4. The van der Waals surface area contributed by atoms with Crippen molar-refractivity contribution in [3.05, 3.63) is 59.7 Å². The monoisotopic (exact) mass is 522 g/mol. The number of nitrogen functional groups attached to an aromatic ring is 1. The molecular weight excluding hydrogens is 484 g/mol. The lowest BCUT2D eigenvalue weighted by atomic mass is 9.45. The van der Waals surface area contributed by atoms with Crippen molar-refractivity contribution < 1.29 is 24.5 Å². The van der Waals surface area contributed by atoms with Crippen LogP contribution in [0.4, 0.5) is 5.95 Å². The third kappa shape index (κ3) is 4.73. The van der Waals surface area contributed by atoms with E-state index in [-0.39, 0.29) is 35.8 Å². The van der Waals surface area contributed by atoms with E-state index in [0.717, 1.165) is 31.5 Å². The van der Waals surface area contributed by atoms with Crippen LogP contribution in [0.25, 0.3) is 6.08 Å². The Bertz CT molecular complexity index is 1170. The Balaban J connectivity index is 1.47. The number of nitrogens with two attached hydrogens (primary N) is 1. The van der Waals surface area contributed by atoms with Crippen LogP contribution in [0.3, 0.4) is 0 Å². The van der Waals surface area contributed by atoms with Gasteiger partial charge in [0.05, 0.1) is 31.5 Å². The molecule has 0 bridgehead atoms. The summed E-state index contributed by atoms with van der Waals surface area (Å²) in [4.78, 5) is 23.1. The lowest BCUT2D eigenvalue weighted by molar-refractivity contribution is -0.156. The molecule has 2 aliphatic carbocycles. The molecule has 9 nitrogen and oxygen atoms in total. The number of esters is 1. The van der Waals surface area contributed by atoms with Gasteiger partial charge in [0.2, 0.25) is 5.95 Å². The number of allylic oxidation sites excluding steroid dienone is 2. The second-order valence-corrected chi connectivity index (χ2v) is 11.5. The van der Waals surface area contributed by atoms with Crippen molar-refractivity contribution in [2.24, 2.45) is 22.7 Å². The summed E-state index contributed by atoms with van der Waals surface area (Å²) in [5, 5.41) is 21.5. The van der Waals surface area contributed by atoms with Crippen LogP contribution in [0.2, 0.25) is 0 Å². The van der Waals surface area contributed by atoms with E-state index in [4.69, 9.17) is 15.2 Å². The van der Waals surface area contributed by atoms with Crippen molar-refractivity contribution in [3.8, 4) is 0 Å². The zero-order valence-corrected chi connectivity index (χ0v) is 22.2. The fourth-order valence-corrected chi connectivity index (χ4v) is 7.07. The number of hydrogen-bond acceptors (Lipinski definition) is 9. The van der Waals surface area contributed by atoms with Gasteiger partial charge in [-0.1, -0.05) is 38.2 Å². The molecule has 4 aliphatic rings. The van der Waals surface area contributed by atoms with Crippen molar-refractivity contribution in [2.45, 2.75) is 45.3 Å². The fraction of sp³-hybridized carbons (Fsp3) is 0.552. The molecule has 3 fully saturated rings. The van der Waals surface area contributed by atoms with E-state index >= 15 is 0 Å². The standard InChI is InChI=1S/C29H38N4O5/c1-18-22(5-4-20-13-21(38-26(20)36)12-19-15-31-27(30)32-16-19)28(2)7-6-25(35)29(3,17-34)24(28)14-23(18)33-8-10-37-11-9-33/h4-5,12-13,15-16,22-25,34-35H,1,6-11,14,17H2,2-3H3,(H2,30,31,32)/t22?,23?,24?,25-,28-,29+/m1/s1. The maximum Gasteiger partial charge on any atom is 0.343 e. The average molecular weight is 523 g/mol. The first-order chi connectivity index (χ1) is 18.2. The minimum absolute atomic E-state index is 0.0419. The average Bonchev–Trinajstić information content (AvgIpc) is 3.26. The predicted octanol–water partition coefficient (Wildman–Crippen LogP) is 2.49. The summed E-state index contributed by atoms with van der Waals surface area (Å²) in [6.07, 6.45) is 12.2. The van der Waals surface area contributed by atoms with E-state index in [0.29, 0.717) is 36.5 Å². The first-order valence-corrected chi connectivity index (χ1v) is 13.4. The van der Waals surface area contributed by atoms with Crippen molar-refractivity contribution >= 4 is 18.0 Å². The van der Waals surface area contributed by atoms with Gasteiger partial charge in [0.25, 0.3) is 0 Å². The Morgan fingerprint density at radius 3 is 2.66 bits per heavy atom. The van der Waals surface area contributed by atoms with E-state index in [1.807, 2.05) is 13.0 Å². The Hall–Kier alpha value is -2.85. The second kappa shape index (κ2) is 10.4. The zero-order chi connectivity index (χ0) is 27.1. The topological polar surface area (TPSA) is 131 Å². The Morgan fingerprint density at radius 1 is 1.26 bits per heavy atom. The van der Waals surface area contributed by atoms with Crippen molar-refractivity contribution in [3.63, 3.8) is 0 Å². The van der Waals surface area contributed by atoms with E-state index in [1.165, 1.54) is 0 Å².